The fourth-order valence-corrected chi connectivity index (χ4v) is 11.5. The summed E-state index contributed by atoms with van der Waals surface area (Å²) >= 11 is 0. The van der Waals surface area contributed by atoms with Crippen molar-refractivity contribution >= 4 is 5.97 Å². The SMILES string of the molecule is CCCCCCCCCC(=O)OC1CCC2(C)C3=CC=C4C5CC(C)(C)CCC5(C)CCC4(C)C3(C)CCC2C1(C)C. The average molecular weight is 579 g/mol. The molecule has 0 aromatic heterocycles. The van der Waals surface area contributed by atoms with E-state index in [-0.39, 0.29) is 33.7 Å². The van der Waals surface area contributed by atoms with Gasteiger partial charge in [0.1, 0.15) is 6.10 Å². The van der Waals surface area contributed by atoms with E-state index >= 15 is 0 Å². The highest BCUT2D eigenvalue weighted by Crippen LogP contribution is 2.74. The topological polar surface area (TPSA) is 26.3 Å². The Morgan fingerprint density at radius 1 is 0.762 bits per heavy atom. The highest BCUT2D eigenvalue weighted by atomic mass is 16.5. The first-order chi connectivity index (χ1) is 19.6. The van der Waals surface area contributed by atoms with E-state index in [0.717, 1.165) is 31.6 Å². The van der Waals surface area contributed by atoms with Gasteiger partial charge in [-0.3, -0.25) is 4.79 Å². The van der Waals surface area contributed by atoms with Crippen LogP contribution in [0.3, 0.4) is 0 Å². The molecule has 0 aromatic rings. The quantitative estimate of drug-likeness (QED) is 0.201. The lowest BCUT2D eigenvalue weighted by Gasteiger charge is -2.68. The number of hydrogen-bond acceptors (Lipinski definition) is 2. The number of carbonyl (C=O) groups excluding carboxylic acids is 1. The summed E-state index contributed by atoms with van der Waals surface area (Å²) in [4.78, 5) is 13.0. The Labute approximate surface area is 260 Å². The summed E-state index contributed by atoms with van der Waals surface area (Å²) in [6.07, 6.45) is 26.1. The lowest BCUT2D eigenvalue weighted by Crippen LogP contribution is -2.61. The van der Waals surface area contributed by atoms with Gasteiger partial charge in [0.25, 0.3) is 0 Å². The molecule has 4 fully saturated rings. The Morgan fingerprint density at radius 3 is 2.14 bits per heavy atom. The van der Waals surface area contributed by atoms with Crippen LogP contribution in [0, 0.1) is 44.3 Å². The second-order valence-corrected chi connectivity index (χ2v) is 18.2. The van der Waals surface area contributed by atoms with Crippen molar-refractivity contribution in [3.05, 3.63) is 23.3 Å². The molecule has 42 heavy (non-hydrogen) atoms. The van der Waals surface area contributed by atoms with Gasteiger partial charge in [-0.1, -0.05) is 124 Å². The molecule has 0 saturated heterocycles. The summed E-state index contributed by atoms with van der Waals surface area (Å²) in [5.74, 6) is 1.32. The van der Waals surface area contributed by atoms with Crippen molar-refractivity contribution in [3.63, 3.8) is 0 Å². The molecule has 5 aliphatic rings. The molecule has 0 heterocycles. The van der Waals surface area contributed by atoms with E-state index in [2.05, 4.69) is 74.5 Å². The first-order valence-corrected chi connectivity index (χ1v) is 18.3. The van der Waals surface area contributed by atoms with E-state index in [1.807, 2.05) is 0 Å². The number of carbonyl (C=O) groups is 1. The summed E-state index contributed by atoms with van der Waals surface area (Å²) < 4.78 is 6.33. The maximum Gasteiger partial charge on any atom is 0.306 e. The first-order valence-electron chi connectivity index (χ1n) is 18.3. The molecule has 2 nitrogen and oxygen atoms in total. The van der Waals surface area contributed by atoms with E-state index < -0.39 is 0 Å². The molecule has 7 atom stereocenters. The highest BCUT2D eigenvalue weighted by molar-refractivity contribution is 5.69. The predicted molar refractivity (Wildman–Crippen MR) is 177 cm³/mol. The van der Waals surface area contributed by atoms with Crippen molar-refractivity contribution in [2.24, 2.45) is 44.3 Å². The summed E-state index contributed by atoms with van der Waals surface area (Å²) in [6, 6.07) is 0. The molecule has 0 radical (unpaired) electrons. The van der Waals surface area contributed by atoms with Crippen LogP contribution >= 0.6 is 0 Å². The lowest BCUT2D eigenvalue weighted by molar-refractivity contribution is -0.174. The molecule has 5 aliphatic carbocycles. The van der Waals surface area contributed by atoms with Crippen LogP contribution in [0.2, 0.25) is 0 Å². The van der Waals surface area contributed by atoms with E-state index in [1.165, 1.54) is 77.0 Å². The van der Waals surface area contributed by atoms with Gasteiger partial charge >= 0.3 is 5.97 Å². The predicted octanol–water partition coefficient (Wildman–Crippen LogP) is 11.8. The molecule has 0 aromatic carbocycles. The van der Waals surface area contributed by atoms with Crippen molar-refractivity contribution in [2.75, 3.05) is 0 Å². The van der Waals surface area contributed by atoms with E-state index in [4.69, 9.17) is 4.74 Å². The van der Waals surface area contributed by atoms with Gasteiger partial charge in [0.15, 0.2) is 0 Å². The third-order valence-electron chi connectivity index (χ3n) is 14.7. The Bertz CT molecular complexity index is 1080. The summed E-state index contributed by atoms with van der Waals surface area (Å²) in [7, 11) is 0. The molecule has 5 rings (SSSR count). The van der Waals surface area contributed by atoms with Crippen LogP contribution < -0.4 is 0 Å². The lowest BCUT2D eigenvalue weighted by atomic mass is 9.36. The van der Waals surface area contributed by atoms with Gasteiger partial charge in [-0.25, -0.2) is 0 Å². The second-order valence-electron chi connectivity index (χ2n) is 18.2. The minimum absolute atomic E-state index is 0.00555. The van der Waals surface area contributed by atoms with E-state index in [9.17, 15) is 4.79 Å². The molecule has 0 N–H and O–H groups in total. The number of unbranched alkanes of at least 4 members (excludes halogenated alkanes) is 6. The Kier molecular flexibility index (Phi) is 8.77. The normalized spacial score (nSPS) is 41.8. The third-order valence-corrected chi connectivity index (χ3v) is 14.7. The van der Waals surface area contributed by atoms with Crippen LogP contribution in [0.15, 0.2) is 23.3 Å². The van der Waals surface area contributed by atoms with Gasteiger partial charge in [0, 0.05) is 11.8 Å². The van der Waals surface area contributed by atoms with Crippen LogP contribution in [0.25, 0.3) is 0 Å². The van der Waals surface area contributed by atoms with Crippen molar-refractivity contribution in [3.8, 4) is 0 Å². The Balaban J connectivity index is 1.32. The fraction of sp³-hybridized carbons (Fsp3) is 0.875. The van der Waals surface area contributed by atoms with Crippen LogP contribution in [0.4, 0.5) is 0 Å². The number of allylic oxidation sites excluding steroid dienone is 4. The smallest absolute Gasteiger partial charge is 0.306 e. The molecule has 2 heteroatoms. The second kappa shape index (κ2) is 11.4. The summed E-state index contributed by atoms with van der Waals surface area (Å²) in [6.45, 7) is 22.7. The Morgan fingerprint density at radius 2 is 1.43 bits per heavy atom. The monoisotopic (exact) mass is 579 g/mol. The van der Waals surface area contributed by atoms with Gasteiger partial charge in [-0.15, -0.1) is 0 Å². The molecule has 0 amide bonds. The van der Waals surface area contributed by atoms with Crippen molar-refractivity contribution in [1.29, 1.82) is 0 Å². The molecule has 0 bridgehead atoms. The molecule has 0 aliphatic heterocycles. The standard InChI is InChI=1S/C40H66O2/c1-10-11-12-13-14-15-16-17-34(41)42-33-21-22-38(7)31(36(33,4)5)20-23-40(9)32(38)19-18-29-30-28-35(2,3)24-25-37(30,6)26-27-39(29,40)8/h18-19,30-31,33H,10-17,20-28H2,1-9H3. The van der Waals surface area contributed by atoms with Crippen LogP contribution in [0.5, 0.6) is 0 Å². The zero-order valence-electron chi connectivity index (χ0n) is 29.2. The van der Waals surface area contributed by atoms with Crippen LogP contribution in [0.1, 0.15) is 171 Å². The minimum atomic E-state index is -0.00555. The minimum Gasteiger partial charge on any atom is -0.462 e. The molecule has 4 saturated carbocycles. The van der Waals surface area contributed by atoms with E-state index in [1.54, 1.807) is 11.1 Å². The number of ether oxygens (including phenoxy) is 1. The number of rotatable bonds is 9. The third kappa shape index (κ3) is 5.29. The molecule has 238 valence electrons. The van der Waals surface area contributed by atoms with E-state index in [0.29, 0.717) is 23.2 Å². The van der Waals surface area contributed by atoms with Crippen LogP contribution in [-0.2, 0) is 9.53 Å². The molecular weight excluding hydrogens is 512 g/mol. The number of esters is 1. The largest absolute Gasteiger partial charge is 0.462 e. The van der Waals surface area contributed by atoms with Gasteiger partial charge < -0.3 is 4.74 Å². The van der Waals surface area contributed by atoms with Crippen molar-refractivity contribution < 1.29 is 9.53 Å². The zero-order chi connectivity index (χ0) is 30.6. The fourth-order valence-electron chi connectivity index (χ4n) is 11.5. The van der Waals surface area contributed by atoms with Gasteiger partial charge in [0.05, 0.1) is 0 Å². The van der Waals surface area contributed by atoms with Gasteiger partial charge in [-0.2, -0.15) is 0 Å². The van der Waals surface area contributed by atoms with Gasteiger partial charge in [0.2, 0.25) is 0 Å². The average Bonchev–Trinajstić information content (AvgIpc) is 2.91. The summed E-state index contributed by atoms with van der Waals surface area (Å²) in [5.41, 5.74) is 5.11. The molecule has 0 spiro atoms. The van der Waals surface area contributed by atoms with Crippen molar-refractivity contribution in [2.45, 2.75) is 178 Å². The molecule has 7 unspecified atom stereocenters. The first kappa shape index (κ1) is 32.3. The summed E-state index contributed by atoms with van der Waals surface area (Å²) in [5, 5.41) is 0. The molecular formula is C40H66O2. The van der Waals surface area contributed by atoms with Gasteiger partial charge in [-0.05, 0) is 103 Å². The highest BCUT2D eigenvalue weighted by Gasteiger charge is 2.66. The zero-order valence-corrected chi connectivity index (χ0v) is 29.2. The Hall–Kier alpha value is -1.05. The number of fused-ring (bicyclic) bond motifs is 7. The maximum absolute atomic E-state index is 13.0. The van der Waals surface area contributed by atoms with Crippen molar-refractivity contribution in [1.82, 2.24) is 0 Å². The van der Waals surface area contributed by atoms with Crippen LogP contribution in [-0.4, -0.2) is 12.1 Å². The maximum atomic E-state index is 13.0. The number of hydrogen-bond donors (Lipinski definition) is 0.